The second-order valence-corrected chi connectivity index (χ2v) is 12.4. The third-order valence-corrected chi connectivity index (χ3v) is 8.93. The van der Waals surface area contributed by atoms with E-state index in [2.05, 4.69) is 9.97 Å². The topological polar surface area (TPSA) is 157 Å². The molecule has 12 nitrogen and oxygen atoms in total. The molecular formula is C33H36N4O8S2. The highest BCUT2D eigenvalue weighted by molar-refractivity contribution is 8.14. The molecule has 0 bridgehead atoms. The number of hydrogen-bond donors (Lipinski definition) is 0. The van der Waals surface area contributed by atoms with Crippen molar-refractivity contribution in [2.75, 3.05) is 24.7 Å². The van der Waals surface area contributed by atoms with Crippen LogP contribution in [-0.4, -0.2) is 77.8 Å². The fourth-order valence-corrected chi connectivity index (χ4v) is 6.37. The average Bonchev–Trinajstić information content (AvgIpc) is 3.65. The number of imidazole rings is 2. The lowest BCUT2D eigenvalue weighted by Gasteiger charge is -2.07. The SMILES string of the molecule is CCOC(=O)c1ccc2c(c1)nc(C(=O)SCCCCCSC(=O)c1nc3ccc(C(=O)OCC)cc3n1C(=O)CC)n2C(=O)CC. The lowest BCUT2D eigenvalue weighted by Crippen LogP contribution is -2.16. The van der Waals surface area contributed by atoms with Gasteiger partial charge in [0.25, 0.3) is 10.2 Å². The van der Waals surface area contributed by atoms with Crippen LogP contribution in [0.2, 0.25) is 0 Å². The number of benzene rings is 2. The molecule has 14 heteroatoms. The van der Waals surface area contributed by atoms with E-state index >= 15 is 0 Å². The molecule has 47 heavy (non-hydrogen) atoms. The average molecular weight is 681 g/mol. The van der Waals surface area contributed by atoms with Crippen LogP contribution in [0.15, 0.2) is 36.4 Å². The van der Waals surface area contributed by atoms with Gasteiger partial charge in [0.2, 0.25) is 11.8 Å². The molecule has 0 N–H and O–H groups in total. The monoisotopic (exact) mass is 680 g/mol. The van der Waals surface area contributed by atoms with E-state index < -0.39 is 11.9 Å². The number of carbonyl (C=O) groups excluding carboxylic acids is 6. The molecule has 4 aromatic rings. The van der Waals surface area contributed by atoms with E-state index in [0.29, 0.717) is 46.4 Å². The van der Waals surface area contributed by atoms with Gasteiger partial charge in [-0.2, -0.15) is 0 Å². The van der Waals surface area contributed by atoms with E-state index in [1.807, 2.05) is 0 Å². The summed E-state index contributed by atoms with van der Waals surface area (Å²) in [5.74, 6) is -0.632. The Labute approximate surface area is 280 Å². The second kappa shape index (κ2) is 16.5. The first-order valence-electron chi connectivity index (χ1n) is 15.4. The van der Waals surface area contributed by atoms with Crippen molar-refractivity contribution in [2.24, 2.45) is 0 Å². The number of hydrogen-bond acceptors (Lipinski definition) is 12. The fraction of sp³-hybridized carbons (Fsp3) is 0.394. The minimum atomic E-state index is -0.522. The quantitative estimate of drug-likeness (QED) is 0.106. The van der Waals surface area contributed by atoms with Crippen molar-refractivity contribution in [3.8, 4) is 0 Å². The van der Waals surface area contributed by atoms with Crippen LogP contribution in [0, 0.1) is 0 Å². The van der Waals surface area contributed by atoms with E-state index in [4.69, 9.17) is 9.47 Å². The van der Waals surface area contributed by atoms with Crippen LogP contribution in [0.25, 0.3) is 22.1 Å². The number of esters is 2. The molecule has 0 aliphatic heterocycles. The van der Waals surface area contributed by atoms with Crippen LogP contribution in [0.5, 0.6) is 0 Å². The summed E-state index contributed by atoms with van der Waals surface area (Å²) >= 11 is 2.12. The smallest absolute Gasteiger partial charge is 0.338 e. The van der Waals surface area contributed by atoms with Gasteiger partial charge in [-0.15, -0.1) is 0 Å². The molecule has 0 amide bonds. The lowest BCUT2D eigenvalue weighted by molar-refractivity contribution is 0.0517. The number of carbonyl (C=O) groups is 6. The van der Waals surface area contributed by atoms with Crippen LogP contribution in [0.4, 0.5) is 0 Å². The Hall–Kier alpha value is -4.30. The van der Waals surface area contributed by atoms with Crippen molar-refractivity contribution >= 4 is 79.6 Å². The zero-order valence-corrected chi connectivity index (χ0v) is 28.3. The first kappa shape index (κ1) is 35.6. The van der Waals surface area contributed by atoms with Gasteiger partial charge in [0.05, 0.1) is 46.4 Å². The number of thioether (sulfide) groups is 2. The van der Waals surface area contributed by atoms with Crippen molar-refractivity contribution in [3.05, 3.63) is 59.2 Å². The Morgan fingerprint density at radius 3 is 1.64 bits per heavy atom. The summed E-state index contributed by atoms with van der Waals surface area (Å²) in [7, 11) is 0. The lowest BCUT2D eigenvalue weighted by atomic mass is 10.2. The normalized spacial score (nSPS) is 11.1. The van der Waals surface area contributed by atoms with Crippen molar-refractivity contribution in [1.82, 2.24) is 19.1 Å². The molecule has 2 heterocycles. The van der Waals surface area contributed by atoms with Crippen LogP contribution in [0.3, 0.4) is 0 Å². The number of nitrogens with zero attached hydrogens (tertiary/aromatic N) is 4. The van der Waals surface area contributed by atoms with E-state index in [0.717, 1.165) is 29.9 Å². The summed E-state index contributed by atoms with van der Waals surface area (Å²) in [5.41, 5.74) is 2.17. The van der Waals surface area contributed by atoms with Gasteiger partial charge in [-0.1, -0.05) is 43.8 Å². The van der Waals surface area contributed by atoms with Gasteiger partial charge in [-0.25, -0.2) is 19.6 Å². The number of ether oxygens (including phenoxy) is 2. The minimum Gasteiger partial charge on any atom is -0.462 e. The highest BCUT2D eigenvalue weighted by Crippen LogP contribution is 2.25. The summed E-state index contributed by atoms with van der Waals surface area (Å²) in [6, 6.07) is 9.32. The highest BCUT2D eigenvalue weighted by atomic mass is 32.2. The Morgan fingerprint density at radius 2 is 1.11 bits per heavy atom. The summed E-state index contributed by atoms with van der Waals surface area (Å²) in [6.45, 7) is 7.23. The van der Waals surface area contributed by atoms with Gasteiger partial charge in [0.15, 0.2) is 11.6 Å². The van der Waals surface area contributed by atoms with Crippen molar-refractivity contribution < 1.29 is 38.2 Å². The molecule has 0 radical (unpaired) electrons. The predicted octanol–water partition coefficient (Wildman–Crippen LogP) is 6.46. The Balaban J connectivity index is 1.33. The number of aromatic nitrogens is 4. The molecule has 0 aliphatic rings. The van der Waals surface area contributed by atoms with Gasteiger partial charge < -0.3 is 9.47 Å². The molecule has 0 atom stereocenters. The molecule has 0 unspecified atom stereocenters. The first-order chi connectivity index (χ1) is 22.6. The number of unbranched alkanes of at least 4 members (excludes halogenated alkanes) is 2. The summed E-state index contributed by atoms with van der Waals surface area (Å²) < 4.78 is 12.7. The minimum absolute atomic E-state index is 0.0119. The van der Waals surface area contributed by atoms with E-state index in [-0.39, 0.29) is 70.9 Å². The molecular weight excluding hydrogens is 645 g/mol. The number of fused-ring (bicyclic) bond motifs is 2. The largest absolute Gasteiger partial charge is 0.462 e. The predicted molar refractivity (Wildman–Crippen MR) is 181 cm³/mol. The third kappa shape index (κ3) is 8.17. The highest BCUT2D eigenvalue weighted by Gasteiger charge is 2.24. The van der Waals surface area contributed by atoms with Crippen molar-refractivity contribution in [3.63, 3.8) is 0 Å². The Kier molecular flexibility index (Phi) is 12.5. The van der Waals surface area contributed by atoms with E-state index in [1.165, 1.54) is 21.3 Å². The zero-order chi connectivity index (χ0) is 34.1. The molecule has 0 aliphatic carbocycles. The van der Waals surface area contributed by atoms with E-state index in [9.17, 15) is 28.8 Å². The molecule has 4 rings (SSSR count). The summed E-state index contributed by atoms with van der Waals surface area (Å²) in [6.07, 6.45) is 2.42. The molecule has 0 fully saturated rings. The molecule has 0 saturated heterocycles. The van der Waals surface area contributed by atoms with Gasteiger partial charge >= 0.3 is 11.9 Å². The van der Waals surface area contributed by atoms with Gasteiger partial charge in [0.1, 0.15) is 0 Å². The van der Waals surface area contributed by atoms with Crippen LogP contribution >= 0.6 is 23.5 Å². The maximum atomic E-state index is 13.1. The first-order valence-corrected chi connectivity index (χ1v) is 17.4. The summed E-state index contributed by atoms with van der Waals surface area (Å²) in [5, 5.41) is -0.702. The maximum absolute atomic E-state index is 13.1. The summed E-state index contributed by atoms with van der Waals surface area (Å²) in [4.78, 5) is 84.9. The molecule has 0 saturated carbocycles. The van der Waals surface area contributed by atoms with E-state index in [1.54, 1.807) is 52.0 Å². The molecule has 0 spiro atoms. The second-order valence-electron chi connectivity index (χ2n) is 10.2. The van der Waals surface area contributed by atoms with Crippen LogP contribution in [-0.2, 0) is 9.47 Å². The van der Waals surface area contributed by atoms with Crippen molar-refractivity contribution in [2.45, 2.75) is 59.8 Å². The van der Waals surface area contributed by atoms with Gasteiger partial charge in [0, 0.05) is 24.3 Å². The molecule has 2 aromatic carbocycles. The molecule has 248 valence electrons. The van der Waals surface area contributed by atoms with Gasteiger partial charge in [-0.3, -0.25) is 28.3 Å². The standard InChI is InChI=1S/C33H36N4O8S2/c1-5-26(38)36-24-15-13-20(30(40)44-7-3)18-23(24)35-29(36)33(43)47-17-11-9-10-16-46-32(42)28-34-22-14-12-21(31(41)45-8-4)19-25(22)37(28)27(39)6-2/h12-15,18-19H,5-11,16-17H2,1-4H3. The Morgan fingerprint density at radius 1 is 0.617 bits per heavy atom. The fourth-order valence-electron chi connectivity index (χ4n) is 4.77. The van der Waals surface area contributed by atoms with Crippen LogP contribution in [0.1, 0.15) is 111 Å². The maximum Gasteiger partial charge on any atom is 0.338 e. The third-order valence-electron chi connectivity index (χ3n) is 7.06. The number of rotatable bonds is 14. The zero-order valence-electron chi connectivity index (χ0n) is 26.7. The Bertz CT molecular complexity index is 1830. The molecule has 2 aromatic heterocycles. The van der Waals surface area contributed by atoms with Gasteiger partial charge in [-0.05, 0) is 63.1 Å². The van der Waals surface area contributed by atoms with Crippen LogP contribution < -0.4 is 0 Å². The van der Waals surface area contributed by atoms with Crippen molar-refractivity contribution in [1.29, 1.82) is 0 Å².